The molecule has 0 aliphatic heterocycles. The Morgan fingerprint density at radius 2 is 2.13 bits per heavy atom. The number of rotatable bonds is 3. The fraction of sp³-hybridized carbons (Fsp3) is 0.222. The van der Waals surface area contributed by atoms with Gasteiger partial charge in [-0.15, -0.1) is 0 Å². The van der Waals surface area contributed by atoms with E-state index in [2.05, 4.69) is 4.74 Å². The maximum Gasteiger partial charge on any atom is 0.341 e. The minimum absolute atomic E-state index is 0.118. The average Bonchev–Trinajstić information content (AvgIpc) is 2.19. The van der Waals surface area contributed by atoms with Crippen LogP contribution in [0.15, 0.2) is 12.1 Å². The van der Waals surface area contributed by atoms with Gasteiger partial charge in [-0.1, -0.05) is 23.2 Å². The molecule has 0 radical (unpaired) electrons. The Morgan fingerprint density at radius 3 is 2.73 bits per heavy atom. The van der Waals surface area contributed by atoms with E-state index in [-0.39, 0.29) is 22.4 Å². The number of carbonyl (C=O) groups excluding carboxylic acids is 1. The molecule has 1 aromatic carbocycles. The number of ether oxygens (including phenoxy) is 2. The van der Waals surface area contributed by atoms with Gasteiger partial charge in [-0.2, -0.15) is 0 Å². The zero-order valence-electron chi connectivity index (χ0n) is 7.92. The largest absolute Gasteiger partial charge is 0.435 e. The van der Waals surface area contributed by atoms with Crippen LogP contribution in [0, 0.1) is 0 Å². The first-order valence-corrected chi connectivity index (χ1v) is 4.72. The maximum absolute atomic E-state index is 11.4. The van der Waals surface area contributed by atoms with Crippen LogP contribution in [-0.2, 0) is 9.47 Å². The average molecular weight is 250 g/mol. The topological polar surface area (TPSA) is 61.5 Å². The number of halogens is 2. The van der Waals surface area contributed by atoms with Crippen LogP contribution in [0.1, 0.15) is 10.4 Å². The van der Waals surface area contributed by atoms with E-state index in [4.69, 9.17) is 33.7 Å². The molecular formula is C9H9Cl2NO3. The molecule has 0 aliphatic rings. The molecule has 1 aromatic rings. The highest BCUT2D eigenvalue weighted by molar-refractivity contribution is 6.44. The van der Waals surface area contributed by atoms with Gasteiger partial charge < -0.3 is 15.2 Å². The summed E-state index contributed by atoms with van der Waals surface area (Å²) in [6.07, 6.45) is 0. The lowest BCUT2D eigenvalue weighted by atomic mass is 10.2. The quantitative estimate of drug-likeness (QED) is 0.508. The Labute approximate surface area is 96.9 Å². The molecule has 0 amide bonds. The maximum atomic E-state index is 11.4. The van der Waals surface area contributed by atoms with Gasteiger partial charge in [0, 0.05) is 12.8 Å². The molecular weight excluding hydrogens is 241 g/mol. The molecule has 0 heterocycles. The van der Waals surface area contributed by atoms with Crippen LogP contribution >= 0.6 is 23.2 Å². The lowest BCUT2D eigenvalue weighted by molar-refractivity contribution is -0.0124. The first kappa shape index (κ1) is 12.1. The minimum atomic E-state index is -0.629. The zero-order chi connectivity index (χ0) is 11.4. The summed E-state index contributed by atoms with van der Waals surface area (Å²) in [5.41, 5.74) is 5.98. The molecule has 0 bridgehead atoms. The molecule has 0 spiro atoms. The molecule has 0 aliphatic carbocycles. The molecule has 2 N–H and O–H groups in total. The number of methoxy groups -OCH3 is 1. The molecule has 0 saturated heterocycles. The fourth-order valence-corrected chi connectivity index (χ4v) is 1.36. The van der Waals surface area contributed by atoms with E-state index in [1.54, 1.807) is 0 Å². The van der Waals surface area contributed by atoms with E-state index < -0.39 is 5.97 Å². The van der Waals surface area contributed by atoms with Gasteiger partial charge in [0.1, 0.15) is 0 Å². The second-order valence-electron chi connectivity index (χ2n) is 2.70. The number of hydrogen-bond acceptors (Lipinski definition) is 4. The predicted octanol–water partition coefficient (Wildman–Crippen LogP) is 2.34. The Kier molecular flexibility index (Phi) is 4.20. The third kappa shape index (κ3) is 2.99. The lowest BCUT2D eigenvalue weighted by Crippen LogP contribution is -2.08. The second-order valence-corrected chi connectivity index (χ2v) is 3.49. The van der Waals surface area contributed by atoms with E-state index in [0.717, 1.165) is 0 Å². The standard InChI is InChI=1S/C9H9Cl2NO3/c1-14-4-15-9(13)6-2-5(12)3-7(10)8(6)11/h2-3H,4,12H2,1H3. The molecule has 0 unspecified atom stereocenters. The molecule has 0 fully saturated rings. The summed E-state index contributed by atoms with van der Waals surface area (Å²) in [5.74, 6) is -0.629. The van der Waals surface area contributed by atoms with Gasteiger partial charge in [0.25, 0.3) is 0 Å². The van der Waals surface area contributed by atoms with Crippen molar-refractivity contribution in [1.29, 1.82) is 0 Å². The smallest absolute Gasteiger partial charge is 0.341 e. The zero-order valence-corrected chi connectivity index (χ0v) is 9.43. The van der Waals surface area contributed by atoms with Gasteiger partial charge in [-0.25, -0.2) is 4.79 Å². The van der Waals surface area contributed by atoms with Gasteiger partial charge in [0.2, 0.25) is 0 Å². The molecule has 0 saturated carbocycles. The number of nitrogen functional groups attached to an aromatic ring is 1. The van der Waals surface area contributed by atoms with Crippen LogP contribution in [0.4, 0.5) is 5.69 Å². The summed E-state index contributed by atoms with van der Waals surface area (Å²) >= 11 is 11.6. The number of benzene rings is 1. The molecule has 15 heavy (non-hydrogen) atoms. The van der Waals surface area contributed by atoms with Crippen molar-refractivity contribution >= 4 is 34.9 Å². The van der Waals surface area contributed by atoms with Gasteiger partial charge in [0.15, 0.2) is 6.79 Å². The fourth-order valence-electron chi connectivity index (χ4n) is 0.949. The van der Waals surface area contributed by atoms with Crippen molar-refractivity contribution in [3.63, 3.8) is 0 Å². The summed E-state index contributed by atoms with van der Waals surface area (Å²) in [4.78, 5) is 11.4. The first-order chi connectivity index (χ1) is 7.06. The molecule has 82 valence electrons. The van der Waals surface area contributed by atoms with Gasteiger partial charge in [-0.05, 0) is 12.1 Å². The van der Waals surface area contributed by atoms with Crippen molar-refractivity contribution in [2.24, 2.45) is 0 Å². The SMILES string of the molecule is COCOC(=O)c1cc(N)cc(Cl)c1Cl. The van der Waals surface area contributed by atoms with E-state index in [1.165, 1.54) is 19.2 Å². The number of nitrogens with two attached hydrogens (primary N) is 1. The van der Waals surface area contributed by atoms with E-state index in [9.17, 15) is 4.79 Å². The van der Waals surface area contributed by atoms with Crippen LogP contribution in [0.2, 0.25) is 10.0 Å². The number of carbonyl (C=O) groups is 1. The van der Waals surface area contributed by atoms with Gasteiger partial charge >= 0.3 is 5.97 Å². The van der Waals surface area contributed by atoms with E-state index >= 15 is 0 Å². The molecule has 0 atom stereocenters. The van der Waals surface area contributed by atoms with Crippen LogP contribution < -0.4 is 5.73 Å². The Bertz CT molecular complexity index is 382. The van der Waals surface area contributed by atoms with Crippen LogP contribution in [0.25, 0.3) is 0 Å². The highest BCUT2D eigenvalue weighted by Crippen LogP contribution is 2.29. The van der Waals surface area contributed by atoms with Crippen molar-refractivity contribution in [2.45, 2.75) is 0 Å². The normalized spacial score (nSPS) is 10.1. The van der Waals surface area contributed by atoms with E-state index in [1.807, 2.05) is 0 Å². The molecule has 1 rings (SSSR count). The molecule has 0 aromatic heterocycles. The van der Waals surface area contributed by atoms with Crippen molar-refractivity contribution in [3.05, 3.63) is 27.7 Å². The first-order valence-electron chi connectivity index (χ1n) is 3.97. The number of esters is 1. The van der Waals surface area contributed by atoms with Crippen LogP contribution in [-0.4, -0.2) is 19.9 Å². The van der Waals surface area contributed by atoms with Crippen molar-refractivity contribution < 1.29 is 14.3 Å². The Hall–Kier alpha value is -0.970. The van der Waals surface area contributed by atoms with Gasteiger partial charge in [0.05, 0.1) is 15.6 Å². The Balaban J connectivity index is 2.98. The summed E-state index contributed by atoms with van der Waals surface area (Å²) < 4.78 is 9.29. The monoisotopic (exact) mass is 249 g/mol. The Morgan fingerprint density at radius 1 is 1.47 bits per heavy atom. The predicted molar refractivity (Wildman–Crippen MR) is 58.2 cm³/mol. The molecule has 4 nitrogen and oxygen atoms in total. The second kappa shape index (κ2) is 5.21. The summed E-state index contributed by atoms with van der Waals surface area (Å²) in [5, 5.41) is 0.327. The van der Waals surface area contributed by atoms with Crippen LogP contribution in [0.3, 0.4) is 0 Å². The van der Waals surface area contributed by atoms with Crippen molar-refractivity contribution in [1.82, 2.24) is 0 Å². The van der Waals surface area contributed by atoms with Gasteiger partial charge in [-0.3, -0.25) is 0 Å². The number of hydrogen-bond donors (Lipinski definition) is 1. The summed E-state index contributed by atoms with van der Waals surface area (Å²) in [7, 11) is 1.40. The molecule has 6 heteroatoms. The minimum Gasteiger partial charge on any atom is -0.435 e. The van der Waals surface area contributed by atoms with Crippen LogP contribution in [0.5, 0.6) is 0 Å². The number of anilines is 1. The van der Waals surface area contributed by atoms with Crippen molar-refractivity contribution in [2.75, 3.05) is 19.6 Å². The lowest BCUT2D eigenvalue weighted by Gasteiger charge is -2.07. The third-order valence-corrected chi connectivity index (χ3v) is 2.38. The van der Waals surface area contributed by atoms with E-state index in [0.29, 0.717) is 5.69 Å². The van der Waals surface area contributed by atoms with Crippen molar-refractivity contribution in [3.8, 4) is 0 Å². The summed E-state index contributed by atoms with van der Waals surface area (Å²) in [6, 6.07) is 2.85. The highest BCUT2D eigenvalue weighted by atomic mass is 35.5. The summed E-state index contributed by atoms with van der Waals surface area (Å²) in [6.45, 7) is -0.151. The third-order valence-electron chi connectivity index (χ3n) is 1.58. The highest BCUT2D eigenvalue weighted by Gasteiger charge is 2.15.